The fourth-order valence-electron chi connectivity index (χ4n) is 6.51. The summed E-state index contributed by atoms with van der Waals surface area (Å²) in [5.74, 6) is 1.55. The zero-order valence-electron chi connectivity index (χ0n) is 22.5. The molecule has 0 amide bonds. The number of benzene rings is 5. The van der Waals surface area contributed by atoms with Crippen LogP contribution in [-0.4, -0.2) is 33.6 Å². The Kier molecular flexibility index (Phi) is 4.86. The van der Waals surface area contributed by atoms with E-state index in [2.05, 4.69) is 128 Å². The molecule has 0 saturated heterocycles. The number of hydrogen-bond donors (Lipinski definition) is 1. The Morgan fingerprint density at radius 2 is 1.14 bits per heavy atom. The lowest BCUT2D eigenvalue weighted by molar-refractivity contribution is 0.748. The molecule has 5 aromatic carbocycles. The van der Waals surface area contributed by atoms with Gasteiger partial charge in [-0.1, -0.05) is 84.9 Å². The van der Waals surface area contributed by atoms with Crippen LogP contribution in [0.1, 0.15) is 5.56 Å². The van der Waals surface area contributed by atoms with Gasteiger partial charge in [-0.2, -0.15) is 0 Å². The fraction of sp³-hybridized carbons (Fsp3) is 0.0278. The van der Waals surface area contributed by atoms with Crippen molar-refractivity contribution in [3.8, 4) is 5.69 Å². The van der Waals surface area contributed by atoms with Gasteiger partial charge in [0.1, 0.15) is 11.5 Å². The predicted molar refractivity (Wildman–Crippen MR) is 175 cm³/mol. The largest absolute Gasteiger partial charge is 0.342 e. The lowest BCUT2D eigenvalue weighted by atomic mass is 10.1. The summed E-state index contributed by atoms with van der Waals surface area (Å²) in [6.45, 7) is 0. The van der Waals surface area contributed by atoms with Crippen molar-refractivity contribution < 1.29 is 0 Å². The number of hydrogen-bond acceptors (Lipinski definition) is 4. The smallest absolute Gasteiger partial charge is 0.180 e. The number of nitrogens with one attached hydrogen (secondary N) is 1. The van der Waals surface area contributed by atoms with Crippen molar-refractivity contribution in [2.75, 3.05) is 0 Å². The molecular weight excluding hydrogens is 516 g/mol. The molecule has 0 fully saturated rings. The molecule has 2 aliphatic heterocycles. The van der Waals surface area contributed by atoms with Crippen molar-refractivity contribution in [1.29, 1.82) is 0 Å². The van der Waals surface area contributed by atoms with E-state index in [1.54, 1.807) is 12.4 Å². The van der Waals surface area contributed by atoms with E-state index >= 15 is 0 Å². The first-order valence-corrected chi connectivity index (χ1v) is 14.1. The molecule has 2 aliphatic rings. The van der Waals surface area contributed by atoms with Crippen LogP contribution in [0.15, 0.2) is 136 Å². The molecule has 6 heteroatoms. The number of aliphatic imine (C=N–C) groups is 3. The third-order valence-electron chi connectivity index (χ3n) is 8.23. The molecular formula is C36H24N6. The van der Waals surface area contributed by atoms with Crippen molar-refractivity contribution in [3.63, 3.8) is 0 Å². The Balaban J connectivity index is 1.44. The van der Waals surface area contributed by atoms with Gasteiger partial charge in [0.25, 0.3) is 0 Å². The summed E-state index contributed by atoms with van der Waals surface area (Å²) in [6.07, 6.45) is 3.08. The van der Waals surface area contributed by atoms with Crippen molar-refractivity contribution in [2.24, 2.45) is 15.0 Å². The van der Waals surface area contributed by atoms with Crippen molar-refractivity contribution in [1.82, 2.24) is 14.5 Å². The fourth-order valence-corrected chi connectivity index (χ4v) is 6.51. The van der Waals surface area contributed by atoms with E-state index in [4.69, 9.17) is 4.99 Å². The molecule has 0 bridgehead atoms. The summed E-state index contributed by atoms with van der Waals surface area (Å²) >= 11 is 0. The normalized spacial score (nSPS) is 16.4. The van der Waals surface area contributed by atoms with E-state index in [9.17, 15) is 0 Å². The molecule has 0 aliphatic carbocycles. The highest BCUT2D eigenvalue weighted by atomic mass is 15.3. The SMILES string of the molecule is C1=NC2=NC(c3ccccc3)=C(n3c4ccccc4c4c5c6ccccc6n(-c6ccccc6)c5ccc43)NC2N=C1. The molecule has 1 unspecified atom stereocenters. The number of aromatic nitrogens is 2. The van der Waals surface area contributed by atoms with Crippen molar-refractivity contribution in [2.45, 2.75) is 6.17 Å². The average molecular weight is 541 g/mol. The molecule has 4 heterocycles. The van der Waals surface area contributed by atoms with E-state index in [0.717, 1.165) is 33.8 Å². The first kappa shape index (κ1) is 23.0. The Bertz CT molecular complexity index is 2320. The maximum absolute atomic E-state index is 5.08. The van der Waals surface area contributed by atoms with Crippen LogP contribution in [0.4, 0.5) is 0 Å². The highest BCUT2D eigenvalue weighted by Gasteiger charge is 2.29. The maximum atomic E-state index is 5.08. The second-order valence-electron chi connectivity index (χ2n) is 10.6. The van der Waals surface area contributed by atoms with E-state index in [-0.39, 0.29) is 6.17 Å². The van der Waals surface area contributed by atoms with E-state index in [0.29, 0.717) is 5.84 Å². The van der Waals surface area contributed by atoms with Crippen LogP contribution >= 0.6 is 0 Å². The Morgan fingerprint density at radius 1 is 0.548 bits per heavy atom. The first-order valence-electron chi connectivity index (χ1n) is 14.1. The molecule has 9 rings (SSSR count). The Labute approximate surface area is 241 Å². The van der Waals surface area contributed by atoms with E-state index in [1.807, 2.05) is 18.2 Å². The molecule has 6 nitrogen and oxygen atoms in total. The second kappa shape index (κ2) is 8.88. The van der Waals surface area contributed by atoms with Gasteiger partial charge in [-0.25, -0.2) is 9.98 Å². The zero-order valence-corrected chi connectivity index (χ0v) is 22.5. The van der Waals surface area contributed by atoms with Gasteiger partial charge in [-0.05, 0) is 36.4 Å². The van der Waals surface area contributed by atoms with Crippen LogP contribution in [0.2, 0.25) is 0 Å². The molecule has 1 atom stereocenters. The highest BCUT2D eigenvalue weighted by Crippen LogP contribution is 2.43. The predicted octanol–water partition coefficient (Wildman–Crippen LogP) is 7.66. The maximum Gasteiger partial charge on any atom is 0.180 e. The van der Waals surface area contributed by atoms with Crippen molar-refractivity contribution in [3.05, 3.63) is 127 Å². The van der Waals surface area contributed by atoms with Crippen LogP contribution in [-0.2, 0) is 0 Å². The van der Waals surface area contributed by atoms with Gasteiger partial charge < -0.3 is 9.88 Å². The lowest BCUT2D eigenvalue weighted by Crippen LogP contribution is -2.39. The standard InChI is InChI=1S/C36H24N6/c1-3-11-23(12-4-1)33-36(40-35-34(39-33)37-21-22-38-35)42-28-18-10-8-16-26(28)32-30(42)20-19-29-31(32)25-15-7-9-17-27(25)41(29)24-13-5-2-6-14-24/h1-22,35,40H. The quantitative estimate of drug-likeness (QED) is 0.246. The van der Waals surface area contributed by atoms with Crippen LogP contribution in [0.5, 0.6) is 0 Å². The van der Waals surface area contributed by atoms with Gasteiger partial charge in [-0.3, -0.25) is 9.56 Å². The first-order chi connectivity index (χ1) is 20.9. The zero-order chi connectivity index (χ0) is 27.6. The van der Waals surface area contributed by atoms with Gasteiger partial charge in [-0.15, -0.1) is 0 Å². The van der Waals surface area contributed by atoms with E-state index in [1.165, 1.54) is 32.6 Å². The van der Waals surface area contributed by atoms with Gasteiger partial charge >= 0.3 is 0 Å². The number of fused-ring (bicyclic) bond motifs is 8. The third kappa shape index (κ3) is 3.23. The topological polar surface area (TPSA) is 59.0 Å². The summed E-state index contributed by atoms with van der Waals surface area (Å²) in [5.41, 5.74) is 7.58. The molecule has 42 heavy (non-hydrogen) atoms. The minimum absolute atomic E-state index is 0.350. The second-order valence-corrected chi connectivity index (χ2v) is 10.6. The minimum atomic E-state index is -0.350. The van der Waals surface area contributed by atoms with Gasteiger partial charge in [0.05, 0.1) is 22.1 Å². The third-order valence-corrected chi connectivity index (χ3v) is 8.23. The lowest BCUT2D eigenvalue weighted by Gasteiger charge is -2.27. The summed E-state index contributed by atoms with van der Waals surface area (Å²) in [6, 6.07) is 42.7. The number of para-hydroxylation sites is 3. The molecule has 2 aromatic heterocycles. The summed E-state index contributed by atoms with van der Waals surface area (Å²) in [5, 5.41) is 8.58. The Hall–Kier alpha value is -5.75. The Morgan fingerprint density at radius 3 is 1.86 bits per heavy atom. The molecule has 0 spiro atoms. The summed E-state index contributed by atoms with van der Waals surface area (Å²) in [7, 11) is 0. The number of rotatable bonds is 3. The molecule has 7 aromatic rings. The van der Waals surface area contributed by atoms with Crippen LogP contribution in [0.3, 0.4) is 0 Å². The molecule has 198 valence electrons. The highest BCUT2D eigenvalue weighted by molar-refractivity contribution is 6.29. The van der Waals surface area contributed by atoms with E-state index < -0.39 is 0 Å². The van der Waals surface area contributed by atoms with Crippen LogP contribution in [0, 0.1) is 0 Å². The van der Waals surface area contributed by atoms with Gasteiger partial charge in [0.15, 0.2) is 12.0 Å². The van der Waals surface area contributed by atoms with Gasteiger partial charge in [0, 0.05) is 45.2 Å². The molecule has 0 radical (unpaired) electrons. The number of nitrogens with zero attached hydrogens (tertiary/aromatic N) is 5. The molecule has 1 N–H and O–H groups in total. The average Bonchev–Trinajstić information content (AvgIpc) is 3.58. The van der Waals surface area contributed by atoms with Crippen LogP contribution in [0.25, 0.3) is 60.8 Å². The van der Waals surface area contributed by atoms with Gasteiger partial charge in [0.2, 0.25) is 0 Å². The monoisotopic (exact) mass is 540 g/mol. The minimum Gasteiger partial charge on any atom is -0.342 e. The van der Waals surface area contributed by atoms with Crippen LogP contribution < -0.4 is 5.32 Å². The molecule has 0 saturated carbocycles. The van der Waals surface area contributed by atoms with Crippen molar-refractivity contribution >= 4 is 73.4 Å². The number of amidine groups is 1. The summed E-state index contributed by atoms with van der Waals surface area (Å²) in [4.78, 5) is 14.3. The summed E-state index contributed by atoms with van der Waals surface area (Å²) < 4.78 is 4.68.